The lowest BCUT2D eigenvalue weighted by Gasteiger charge is -2.28. The SMILES string of the molecule is CC(C)[C@@](C)(C#N)NC(=O)[C@H](C)Sc1nc(-c2ccccc2)c(-c2ccccc2)o1. The molecule has 3 rings (SSSR count). The van der Waals surface area contributed by atoms with Gasteiger partial charge in [0.2, 0.25) is 5.91 Å². The molecule has 0 aliphatic heterocycles. The Balaban J connectivity index is 1.87. The predicted molar refractivity (Wildman–Crippen MR) is 120 cm³/mol. The minimum Gasteiger partial charge on any atom is -0.431 e. The molecule has 1 aromatic heterocycles. The molecule has 5 nitrogen and oxygen atoms in total. The molecule has 0 spiro atoms. The first-order chi connectivity index (χ1) is 14.3. The van der Waals surface area contributed by atoms with Gasteiger partial charge in [0.1, 0.15) is 11.2 Å². The summed E-state index contributed by atoms with van der Waals surface area (Å²) in [6.07, 6.45) is 0. The number of hydrogen-bond acceptors (Lipinski definition) is 5. The van der Waals surface area contributed by atoms with Crippen LogP contribution in [0.2, 0.25) is 0 Å². The van der Waals surface area contributed by atoms with Crippen molar-refractivity contribution in [2.45, 2.75) is 43.7 Å². The monoisotopic (exact) mass is 419 g/mol. The predicted octanol–water partition coefficient (Wildman–Crippen LogP) is 5.54. The van der Waals surface area contributed by atoms with Gasteiger partial charge in [-0.1, -0.05) is 86.3 Å². The van der Waals surface area contributed by atoms with E-state index in [0.717, 1.165) is 16.8 Å². The molecule has 0 saturated carbocycles. The number of nitriles is 1. The zero-order valence-corrected chi connectivity index (χ0v) is 18.4. The molecule has 2 atom stereocenters. The number of nitrogens with zero attached hydrogens (tertiary/aromatic N) is 2. The number of nitrogens with one attached hydrogen (secondary N) is 1. The summed E-state index contributed by atoms with van der Waals surface area (Å²) in [5.41, 5.74) is 1.68. The van der Waals surface area contributed by atoms with Crippen LogP contribution in [0.5, 0.6) is 0 Å². The first-order valence-corrected chi connectivity index (χ1v) is 10.7. The van der Waals surface area contributed by atoms with Crippen LogP contribution in [0.3, 0.4) is 0 Å². The molecule has 6 heteroatoms. The van der Waals surface area contributed by atoms with Crippen molar-refractivity contribution in [3.8, 4) is 28.7 Å². The molecular weight excluding hydrogens is 394 g/mol. The maximum atomic E-state index is 12.7. The molecule has 30 heavy (non-hydrogen) atoms. The van der Waals surface area contributed by atoms with E-state index in [4.69, 9.17) is 4.42 Å². The van der Waals surface area contributed by atoms with Crippen LogP contribution in [0.25, 0.3) is 22.6 Å². The summed E-state index contributed by atoms with van der Waals surface area (Å²) in [5, 5.41) is 12.3. The highest BCUT2D eigenvalue weighted by molar-refractivity contribution is 8.00. The fraction of sp³-hybridized carbons (Fsp3) is 0.292. The molecule has 0 aliphatic rings. The first kappa shape index (κ1) is 21.7. The highest BCUT2D eigenvalue weighted by Gasteiger charge is 2.32. The highest BCUT2D eigenvalue weighted by Crippen LogP contribution is 2.36. The number of carbonyl (C=O) groups is 1. The fourth-order valence-electron chi connectivity index (χ4n) is 2.79. The molecule has 1 amide bonds. The topological polar surface area (TPSA) is 78.9 Å². The van der Waals surface area contributed by atoms with Crippen molar-refractivity contribution in [1.29, 1.82) is 5.26 Å². The van der Waals surface area contributed by atoms with Gasteiger partial charge in [0, 0.05) is 11.1 Å². The Bertz CT molecular complexity index is 984. The molecule has 0 fully saturated rings. The average molecular weight is 420 g/mol. The van der Waals surface area contributed by atoms with Gasteiger partial charge in [0.05, 0.1) is 11.3 Å². The summed E-state index contributed by atoms with van der Waals surface area (Å²) in [7, 11) is 0. The second-order valence-electron chi connectivity index (χ2n) is 7.61. The number of carbonyl (C=O) groups excluding carboxylic acids is 1. The van der Waals surface area contributed by atoms with Crippen LogP contribution in [0, 0.1) is 17.2 Å². The maximum absolute atomic E-state index is 12.7. The molecular formula is C24H25N3O2S. The van der Waals surface area contributed by atoms with Gasteiger partial charge in [-0.25, -0.2) is 4.98 Å². The third-order valence-electron chi connectivity index (χ3n) is 5.11. The summed E-state index contributed by atoms with van der Waals surface area (Å²) in [6.45, 7) is 7.34. The summed E-state index contributed by atoms with van der Waals surface area (Å²) in [4.78, 5) is 17.4. The third kappa shape index (κ3) is 4.74. The zero-order chi connectivity index (χ0) is 21.7. The number of thioether (sulfide) groups is 1. The van der Waals surface area contributed by atoms with Crippen molar-refractivity contribution in [1.82, 2.24) is 10.3 Å². The van der Waals surface area contributed by atoms with Gasteiger partial charge in [-0.15, -0.1) is 0 Å². The standard InChI is InChI=1S/C24H25N3O2S/c1-16(2)24(4,15-25)27-22(28)17(3)30-23-26-20(18-11-7-5-8-12-18)21(29-23)19-13-9-6-10-14-19/h5-14,16-17H,1-4H3,(H,27,28)/t17-,24+/m0/s1. The van der Waals surface area contributed by atoms with Gasteiger partial charge >= 0.3 is 0 Å². The van der Waals surface area contributed by atoms with E-state index >= 15 is 0 Å². The lowest BCUT2D eigenvalue weighted by atomic mass is 9.90. The summed E-state index contributed by atoms with van der Waals surface area (Å²) in [6, 6.07) is 21.8. The van der Waals surface area contributed by atoms with Gasteiger partial charge < -0.3 is 9.73 Å². The minimum absolute atomic E-state index is 0.0141. The van der Waals surface area contributed by atoms with Gasteiger partial charge in [-0.05, 0) is 19.8 Å². The fourth-order valence-corrected chi connectivity index (χ4v) is 3.54. The molecule has 1 N–H and O–H groups in total. The number of rotatable bonds is 7. The molecule has 2 aromatic carbocycles. The number of aromatic nitrogens is 1. The second-order valence-corrected chi connectivity index (χ2v) is 8.90. The Kier molecular flexibility index (Phi) is 6.63. The quantitative estimate of drug-likeness (QED) is 0.508. The van der Waals surface area contributed by atoms with Gasteiger partial charge in [0.15, 0.2) is 5.76 Å². The van der Waals surface area contributed by atoms with Crippen molar-refractivity contribution in [3.05, 3.63) is 60.7 Å². The smallest absolute Gasteiger partial charge is 0.257 e. The highest BCUT2D eigenvalue weighted by atomic mass is 32.2. The van der Waals surface area contributed by atoms with E-state index in [1.807, 2.05) is 74.5 Å². The summed E-state index contributed by atoms with van der Waals surface area (Å²) >= 11 is 1.24. The van der Waals surface area contributed by atoms with Crippen LogP contribution in [-0.2, 0) is 4.79 Å². The minimum atomic E-state index is -0.924. The largest absolute Gasteiger partial charge is 0.431 e. The van der Waals surface area contributed by atoms with Gasteiger partial charge in [0.25, 0.3) is 5.22 Å². The molecule has 0 aliphatic carbocycles. The lowest BCUT2D eigenvalue weighted by Crippen LogP contribution is -2.51. The van der Waals surface area contributed by atoms with Gasteiger partial charge in [-0.3, -0.25) is 4.79 Å². The van der Waals surface area contributed by atoms with E-state index in [1.54, 1.807) is 13.8 Å². The van der Waals surface area contributed by atoms with Crippen LogP contribution in [0.1, 0.15) is 27.7 Å². The summed E-state index contributed by atoms with van der Waals surface area (Å²) in [5.74, 6) is 0.430. The Morgan fingerprint density at radius 1 is 1.07 bits per heavy atom. The van der Waals surface area contributed by atoms with Crippen LogP contribution in [0.15, 0.2) is 70.3 Å². The van der Waals surface area contributed by atoms with Gasteiger partial charge in [-0.2, -0.15) is 5.26 Å². The Labute approximate surface area is 181 Å². The van der Waals surface area contributed by atoms with E-state index in [1.165, 1.54) is 11.8 Å². The van der Waals surface area contributed by atoms with Crippen LogP contribution >= 0.6 is 11.8 Å². The third-order valence-corrected chi connectivity index (χ3v) is 6.05. The van der Waals surface area contributed by atoms with Crippen molar-refractivity contribution in [2.75, 3.05) is 0 Å². The van der Waals surface area contributed by atoms with Crippen LogP contribution in [0.4, 0.5) is 0 Å². The number of amides is 1. The van der Waals surface area contributed by atoms with E-state index in [0.29, 0.717) is 11.0 Å². The normalized spacial score (nSPS) is 14.0. The number of benzene rings is 2. The second kappa shape index (κ2) is 9.19. The average Bonchev–Trinajstić information content (AvgIpc) is 3.18. The van der Waals surface area contributed by atoms with E-state index in [9.17, 15) is 10.1 Å². The number of oxazole rings is 1. The molecule has 0 saturated heterocycles. The molecule has 154 valence electrons. The molecule has 1 heterocycles. The Hall–Kier alpha value is -3.04. The van der Waals surface area contributed by atoms with Crippen molar-refractivity contribution >= 4 is 17.7 Å². The first-order valence-electron chi connectivity index (χ1n) is 9.85. The van der Waals surface area contributed by atoms with Crippen LogP contribution < -0.4 is 5.32 Å². The molecule has 0 unspecified atom stereocenters. The van der Waals surface area contributed by atoms with Crippen LogP contribution in [-0.4, -0.2) is 21.7 Å². The molecule has 0 radical (unpaired) electrons. The summed E-state index contributed by atoms with van der Waals surface area (Å²) < 4.78 is 6.09. The molecule has 3 aromatic rings. The lowest BCUT2D eigenvalue weighted by molar-refractivity contribution is -0.121. The van der Waals surface area contributed by atoms with Crippen molar-refractivity contribution in [2.24, 2.45) is 5.92 Å². The zero-order valence-electron chi connectivity index (χ0n) is 17.5. The number of hydrogen-bond donors (Lipinski definition) is 1. The van der Waals surface area contributed by atoms with Crippen molar-refractivity contribution in [3.63, 3.8) is 0 Å². The Morgan fingerprint density at radius 2 is 1.63 bits per heavy atom. The molecule has 0 bridgehead atoms. The van der Waals surface area contributed by atoms with E-state index < -0.39 is 10.8 Å². The van der Waals surface area contributed by atoms with Crippen molar-refractivity contribution < 1.29 is 9.21 Å². The Morgan fingerprint density at radius 3 is 2.17 bits per heavy atom. The van der Waals surface area contributed by atoms with E-state index in [2.05, 4.69) is 16.4 Å². The van der Waals surface area contributed by atoms with E-state index in [-0.39, 0.29) is 11.8 Å². The maximum Gasteiger partial charge on any atom is 0.257 e.